The number of rotatable bonds is 3. The lowest BCUT2D eigenvalue weighted by Crippen LogP contribution is -2.12. The Morgan fingerprint density at radius 1 is 0.333 bits per heavy atom. The summed E-state index contributed by atoms with van der Waals surface area (Å²) in [5.41, 5.74) is 12.5. The van der Waals surface area contributed by atoms with Crippen LogP contribution in [-0.2, 0) is 0 Å². The minimum absolute atomic E-state index is 0.00449. The molecular weight excluding hydrogens is 737 g/mol. The first-order valence-electron chi connectivity index (χ1n) is 20.3. The number of pyridine rings is 1. The summed E-state index contributed by atoms with van der Waals surface area (Å²) in [4.78, 5) is 14.4. The molecule has 0 aliphatic rings. The van der Waals surface area contributed by atoms with E-state index < -0.39 is 0 Å². The van der Waals surface area contributed by atoms with Gasteiger partial charge in [0.25, 0.3) is 5.56 Å². The van der Waals surface area contributed by atoms with Crippen molar-refractivity contribution < 1.29 is 8.83 Å². The number of furan rings is 2. The van der Waals surface area contributed by atoms with Crippen LogP contribution in [0.3, 0.4) is 0 Å². The Labute approximate surface area is 340 Å². The van der Waals surface area contributed by atoms with E-state index in [1.54, 1.807) is 0 Å². The molecule has 0 amide bonds. The van der Waals surface area contributed by atoms with E-state index in [0.29, 0.717) is 5.39 Å². The average Bonchev–Trinajstić information content (AvgIpc) is 4.06. The van der Waals surface area contributed by atoms with Gasteiger partial charge in [0.15, 0.2) is 11.2 Å². The van der Waals surface area contributed by atoms with Crippen molar-refractivity contribution in [2.24, 2.45) is 0 Å². The molecule has 0 spiro atoms. The Morgan fingerprint density at radius 2 is 0.917 bits per heavy atom. The van der Waals surface area contributed by atoms with Crippen molar-refractivity contribution in [2.75, 3.05) is 0 Å². The SMILES string of the molecule is O=c1c2ccccc2c2cc(-c3ccccc3)cc3c4cc(-c5cc(-n6c7ccccc7c7ccc8c9ccccc9oc8c76)c6oc7ccccc7c6c5)ccc4n1c23. The molecule has 9 aromatic carbocycles. The number of fused-ring (bicyclic) bond motifs is 15. The minimum atomic E-state index is -0.00449. The first-order valence-corrected chi connectivity index (χ1v) is 20.3. The number of hydrogen-bond acceptors (Lipinski definition) is 3. The summed E-state index contributed by atoms with van der Waals surface area (Å²) < 4.78 is 17.9. The average molecular weight is 767 g/mol. The van der Waals surface area contributed by atoms with Crippen molar-refractivity contribution in [1.82, 2.24) is 8.97 Å². The summed E-state index contributed by atoms with van der Waals surface area (Å²) in [5.74, 6) is 0. The topological polar surface area (TPSA) is 52.7 Å². The van der Waals surface area contributed by atoms with E-state index >= 15 is 0 Å². The zero-order valence-electron chi connectivity index (χ0n) is 31.9. The van der Waals surface area contributed by atoms with Crippen LogP contribution in [0, 0.1) is 0 Å². The van der Waals surface area contributed by atoms with E-state index in [9.17, 15) is 4.79 Å². The maximum absolute atomic E-state index is 14.4. The van der Waals surface area contributed by atoms with Crippen LogP contribution in [0.25, 0.3) is 132 Å². The Hall–Kier alpha value is -8.15. The number of benzene rings is 9. The highest BCUT2D eigenvalue weighted by Gasteiger charge is 2.24. The standard InChI is InChI=1S/C55H30N2O3/c58-55-41-18-5-4-14-35(41)43-27-33(31-12-2-1-3-13-31)28-44-42-26-32(22-25-47(42)57(55)51(43)44)34-29-45-38-17-8-11-21-50(38)59-53(45)48(30-34)56-46-19-9-6-15-36(46)39-23-24-40-37-16-7-10-20-49(37)60-54(40)52(39)56/h1-30H. The predicted molar refractivity (Wildman–Crippen MR) is 247 cm³/mol. The van der Waals surface area contributed by atoms with E-state index in [4.69, 9.17) is 8.83 Å². The highest BCUT2D eigenvalue weighted by molar-refractivity contribution is 6.24. The fourth-order valence-corrected chi connectivity index (χ4v) is 10.2. The van der Waals surface area contributed by atoms with Crippen molar-refractivity contribution in [3.63, 3.8) is 0 Å². The molecule has 0 aliphatic carbocycles. The molecule has 0 aliphatic heterocycles. The first kappa shape index (κ1) is 31.9. The minimum Gasteiger partial charge on any atom is -0.454 e. The van der Waals surface area contributed by atoms with Crippen LogP contribution >= 0.6 is 0 Å². The zero-order valence-corrected chi connectivity index (χ0v) is 31.9. The lowest BCUT2D eigenvalue weighted by molar-refractivity contribution is 0.665. The van der Waals surface area contributed by atoms with Crippen molar-refractivity contribution in [3.8, 4) is 27.9 Å². The summed E-state index contributed by atoms with van der Waals surface area (Å²) in [6.07, 6.45) is 0. The monoisotopic (exact) mass is 766 g/mol. The molecule has 0 fully saturated rings. The van der Waals surface area contributed by atoms with E-state index in [2.05, 4.69) is 138 Å². The fourth-order valence-electron chi connectivity index (χ4n) is 10.2. The van der Waals surface area contributed by atoms with Crippen molar-refractivity contribution in [2.45, 2.75) is 0 Å². The molecule has 0 N–H and O–H groups in total. The molecule has 0 bridgehead atoms. The molecule has 60 heavy (non-hydrogen) atoms. The van der Waals surface area contributed by atoms with Gasteiger partial charge in [-0.15, -0.1) is 0 Å². The molecule has 5 heteroatoms. The number of aromatic nitrogens is 2. The molecule has 0 saturated heterocycles. The van der Waals surface area contributed by atoms with Gasteiger partial charge in [-0.2, -0.15) is 0 Å². The molecule has 0 radical (unpaired) electrons. The highest BCUT2D eigenvalue weighted by atomic mass is 16.3. The highest BCUT2D eigenvalue weighted by Crippen LogP contribution is 2.45. The molecule has 5 aromatic heterocycles. The van der Waals surface area contributed by atoms with Crippen molar-refractivity contribution >= 4 is 104 Å². The molecule has 14 aromatic rings. The van der Waals surface area contributed by atoms with Gasteiger partial charge in [-0.1, -0.05) is 115 Å². The second-order valence-electron chi connectivity index (χ2n) is 16.0. The van der Waals surface area contributed by atoms with Crippen LogP contribution in [0.1, 0.15) is 0 Å². The number of hydrogen-bond donors (Lipinski definition) is 0. The van der Waals surface area contributed by atoms with Gasteiger partial charge in [0.05, 0.1) is 27.8 Å². The molecule has 278 valence electrons. The van der Waals surface area contributed by atoms with Gasteiger partial charge in [-0.3, -0.25) is 9.20 Å². The van der Waals surface area contributed by atoms with Crippen molar-refractivity contribution in [3.05, 3.63) is 192 Å². The maximum Gasteiger partial charge on any atom is 0.263 e. The Bertz CT molecular complexity index is 4200. The summed E-state index contributed by atoms with van der Waals surface area (Å²) in [5, 5.41) is 11.3. The quantitative estimate of drug-likeness (QED) is 0.168. The second-order valence-corrected chi connectivity index (χ2v) is 16.0. The summed E-state index contributed by atoms with van der Waals surface area (Å²) in [6, 6.07) is 63.6. The molecule has 0 atom stereocenters. The Kier molecular flexibility index (Phi) is 6.11. The third kappa shape index (κ3) is 4.12. The van der Waals surface area contributed by atoms with Crippen LogP contribution in [-0.4, -0.2) is 8.97 Å². The summed E-state index contributed by atoms with van der Waals surface area (Å²) in [6.45, 7) is 0. The third-order valence-electron chi connectivity index (χ3n) is 12.8. The smallest absolute Gasteiger partial charge is 0.263 e. The number of para-hydroxylation sites is 3. The molecule has 14 rings (SSSR count). The van der Waals surface area contributed by atoms with E-state index in [0.717, 1.165) is 126 Å². The second kappa shape index (κ2) is 11.5. The van der Waals surface area contributed by atoms with Gasteiger partial charge in [0.2, 0.25) is 0 Å². The molecular formula is C55H30N2O3. The molecule has 5 nitrogen and oxygen atoms in total. The Morgan fingerprint density at radius 3 is 1.72 bits per heavy atom. The lowest BCUT2D eigenvalue weighted by Gasteiger charge is -2.12. The van der Waals surface area contributed by atoms with Gasteiger partial charge >= 0.3 is 0 Å². The van der Waals surface area contributed by atoms with Gasteiger partial charge in [-0.05, 0) is 94.4 Å². The predicted octanol–water partition coefficient (Wildman–Crippen LogP) is 14.4. The van der Waals surface area contributed by atoms with E-state index in [1.165, 1.54) is 0 Å². The lowest BCUT2D eigenvalue weighted by atomic mass is 9.96. The van der Waals surface area contributed by atoms with E-state index in [-0.39, 0.29) is 5.56 Å². The fraction of sp³-hybridized carbons (Fsp3) is 0. The van der Waals surface area contributed by atoms with Gasteiger partial charge in [0.1, 0.15) is 11.2 Å². The van der Waals surface area contributed by atoms with Gasteiger partial charge in [0, 0.05) is 53.9 Å². The van der Waals surface area contributed by atoms with Gasteiger partial charge in [-0.25, -0.2) is 0 Å². The van der Waals surface area contributed by atoms with E-state index in [1.807, 2.05) is 52.9 Å². The van der Waals surface area contributed by atoms with Crippen LogP contribution in [0.2, 0.25) is 0 Å². The van der Waals surface area contributed by atoms with Crippen LogP contribution < -0.4 is 5.56 Å². The normalized spacial score (nSPS) is 12.4. The number of nitrogens with zero attached hydrogens (tertiary/aromatic N) is 2. The molecule has 0 saturated carbocycles. The zero-order chi connectivity index (χ0) is 39.2. The van der Waals surface area contributed by atoms with Crippen LogP contribution in [0.5, 0.6) is 0 Å². The van der Waals surface area contributed by atoms with Gasteiger partial charge < -0.3 is 13.4 Å². The molecule has 0 unspecified atom stereocenters. The maximum atomic E-state index is 14.4. The van der Waals surface area contributed by atoms with Crippen LogP contribution in [0.15, 0.2) is 196 Å². The molecule has 5 heterocycles. The van der Waals surface area contributed by atoms with Crippen molar-refractivity contribution in [1.29, 1.82) is 0 Å². The third-order valence-corrected chi connectivity index (χ3v) is 12.8. The first-order chi connectivity index (χ1) is 29.7. The summed E-state index contributed by atoms with van der Waals surface area (Å²) in [7, 11) is 0. The summed E-state index contributed by atoms with van der Waals surface area (Å²) >= 11 is 0. The Balaban J connectivity index is 1.11. The largest absolute Gasteiger partial charge is 0.454 e. The van der Waals surface area contributed by atoms with Crippen LogP contribution in [0.4, 0.5) is 0 Å².